The van der Waals surface area contributed by atoms with Gasteiger partial charge < -0.3 is 20.3 Å². The van der Waals surface area contributed by atoms with Crippen LogP contribution >= 0.6 is 24.0 Å². The van der Waals surface area contributed by atoms with E-state index in [1.165, 1.54) is 25.7 Å². The summed E-state index contributed by atoms with van der Waals surface area (Å²) in [4.78, 5) is 7.31. The number of nitrogens with zero attached hydrogens (tertiary/aromatic N) is 2. The average molecular weight is 454 g/mol. The molecule has 0 aliphatic heterocycles. The quantitative estimate of drug-likeness (QED) is 0.286. The van der Waals surface area contributed by atoms with Crippen molar-refractivity contribution in [3.05, 3.63) is 0 Å². The van der Waals surface area contributed by atoms with E-state index in [0.29, 0.717) is 5.41 Å². The largest absolute Gasteiger partial charge is 0.385 e. The Bertz CT molecular complexity index is 329. The number of rotatable bonds is 11. The molecule has 24 heavy (non-hydrogen) atoms. The highest BCUT2D eigenvalue weighted by molar-refractivity contribution is 14.0. The molecule has 2 N–H and O–H groups in total. The molecule has 0 aromatic carbocycles. The minimum absolute atomic E-state index is 0. The van der Waals surface area contributed by atoms with Crippen molar-refractivity contribution in [1.82, 2.24) is 15.5 Å². The molecule has 0 aromatic rings. The number of hydrogen-bond donors (Lipinski definition) is 2. The van der Waals surface area contributed by atoms with Gasteiger partial charge in [0.2, 0.25) is 0 Å². The molecule has 5 nitrogen and oxygen atoms in total. The summed E-state index contributed by atoms with van der Waals surface area (Å²) in [6.45, 7) is 13.4. The molecule has 0 heterocycles. The molecular weight excluding hydrogens is 415 g/mol. The van der Waals surface area contributed by atoms with E-state index in [0.717, 1.165) is 58.3 Å². The van der Waals surface area contributed by atoms with Gasteiger partial charge in [-0.25, -0.2) is 0 Å². The number of aliphatic imine (C=N–C) groups is 1. The summed E-state index contributed by atoms with van der Waals surface area (Å²) in [5.74, 6) is 0.961. The molecule has 0 amide bonds. The van der Waals surface area contributed by atoms with E-state index in [1.807, 2.05) is 0 Å². The van der Waals surface area contributed by atoms with Gasteiger partial charge in [0, 0.05) is 39.9 Å². The molecule has 6 heteroatoms. The van der Waals surface area contributed by atoms with Crippen molar-refractivity contribution >= 4 is 29.9 Å². The average Bonchev–Trinajstić information content (AvgIpc) is 3.04. The Balaban J connectivity index is 0.00000529. The van der Waals surface area contributed by atoms with E-state index in [9.17, 15) is 0 Å². The minimum Gasteiger partial charge on any atom is -0.385 e. The van der Waals surface area contributed by atoms with Gasteiger partial charge in [-0.2, -0.15) is 0 Å². The van der Waals surface area contributed by atoms with Crippen LogP contribution in [0.25, 0.3) is 0 Å². The fourth-order valence-electron chi connectivity index (χ4n) is 3.39. The van der Waals surface area contributed by atoms with Crippen molar-refractivity contribution in [3.63, 3.8) is 0 Å². The first-order chi connectivity index (χ1) is 11.2. The van der Waals surface area contributed by atoms with Crippen LogP contribution in [0.4, 0.5) is 0 Å². The fraction of sp³-hybridized carbons (Fsp3) is 0.944. The van der Waals surface area contributed by atoms with E-state index in [1.54, 1.807) is 7.11 Å². The van der Waals surface area contributed by atoms with Gasteiger partial charge in [0.15, 0.2) is 5.96 Å². The van der Waals surface area contributed by atoms with Gasteiger partial charge >= 0.3 is 0 Å². The van der Waals surface area contributed by atoms with Crippen molar-refractivity contribution in [3.8, 4) is 0 Å². The number of ether oxygens (including phenoxy) is 1. The molecule has 0 saturated heterocycles. The van der Waals surface area contributed by atoms with Crippen LogP contribution in [0, 0.1) is 5.41 Å². The first kappa shape index (κ1) is 23.9. The smallest absolute Gasteiger partial charge is 0.191 e. The van der Waals surface area contributed by atoms with Crippen LogP contribution in [0.2, 0.25) is 0 Å². The van der Waals surface area contributed by atoms with Crippen LogP contribution < -0.4 is 10.6 Å². The summed E-state index contributed by atoms with van der Waals surface area (Å²) in [5, 5.41) is 6.86. The second-order valence-corrected chi connectivity index (χ2v) is 6.60. The van der Waals surface area contributed by atoms with Crippen LogP contribution in [0.15, 0.2) is 4.99 Å². The summed E-state index contributed by atoms with van der Waals surface area (Å²) in [6.07, 6.45) is 6.39. The molecule has 1 aliphatic carbocycles. The van der Waals surface area contributed by atoms with Gasteiger partial charge in [0.1, 0.15) is 0 Å². The van der Waals surface area contributed by atoms with Crippen molar-refractivity contribution in [1.29, 1.82) is 0 Å². The molecule has 1 fully saturated rings. The lowest BCUT2D eigenvalue weighted by Gasteiger charge is -2.27. The van der Waals surface area contributed by atoms with Crippen LogP contribution in [0.1, 0.15) is 52.9 Å². The zero-order valence-corrected chi connectivity index (χ0v) is 18.5. The van der Waals surface area contributed by atoms with Crippen molar-refractivity contribution in [2.75, 3.05) is 53.0 Å². The highest BCUT2D eigenvalue weighted by Gasteiger charge is 2.33. The van der Waals surface area contributed by atoms with E-state index in [2.05, 4.69) is 36.3 Å². The zero-order chi connectivity index (χ0) is 17.0. The van der Waals surface area contributed by atoms with Crippen LogP contribution in [0.5, 0.6) is 0 Å². The van der Waals surface area contributed by atoms with E-state index < -0.39 is 0 Å². The van der Waals surface area contributed by atoms with E-state index in [4.69, 9.17) is 9.73 Å². The Morgan fingerprint density at radius 2 is 1.79 bits per heavy atom. The van der Waals surface area contributed by atoms with Gasteiger partial charge in [-0.15, -0.1) is 24.0 Å². The van der Waals surface area contributed by atoms with Crippen LogP contribution in [-0.4, -0.2) is 63.8 Å². The van der Waals surface area contributed by atoms with E-state index in [-0.39, 0.29) is 24.0 Å². The Labute approximate surface area is 166 Å². The molecular formula is C18H39IN4O. The van der Waals surface area contributed by atoms with Crippen LogP contribution in [0.3, 0.4) is 0 Å². The third-order valence-corrected chi connectivity index (χ3v) is 5.03. The number of likely N-dealkylation sites (N-methyl/N-ethyl adjacent to an activating group) is 1. The highest BCUT2D eigenvalue weighted by atomic mass is 127. The van der Waals surface area contributed by atoms with Gasteiger partial charge in [-0.3, -0.25) is 4.99 Å². The summed E-state index contributed by atoms with van der Waals surface area (Å²) in [5.41, 5.74) is 0.358. The predicted octanol–water partition coefficient (Wildman–Crippen LogP) is 3.10. The highest BCUT2D eigenvalue weighted by Crippen LogP contribution is 2.41. The summed E-state index contributed by atoms with van der Waals surface area (Å²) in [7, 11) is 1.80. The maximum absolute atomic E-state index is 5.31. The second-order valence-electron chi connectivity index (χ2n) is 6.60. The number of guanidine groups is 1. The molecule has 1 saturated carbocycles. The molecule has 1 aliphatic rings. The lowest BCUT2D eigenvalue weighted by atomic mass is 9.83. The molecule has 0 aromatic heterocycles. The van der Waals surface area contributed by atoms with Gasteiger partial charge in [0.05, 0.1) is 0 Å². The Kier molecular flexibility index (Phi) is 14.1. The number of hydrogen-bond acceptors (Lipinski definition) is 3. The van der Waals surface area contributed by atoms with Crippen molar-refractivity contribution in [2.45, 2.75) is 52.9 Å². The summed E-state index contributed by atoms with van der Waals surface area (Å²) >= 11 is 0. The Morgan fingerprint density at radius 1 is 1.12 bits per heavy atom. The monoisotopic (exact) mass is 454 g/mol. The first-order valence-electron chi connectivity index (χ1n) is 9.43. The third-order valence-electron chi connectivity index (χ3n) is 5.03. The third kappa shape index (κ3) is 8.85. The molecule has 0 spiro atoms. The molecule has 0 unspecified atom stereocenters. The van der Waals surface area contributed by atoms with Gasteiger partial charge in [-0.1, -0.05) is 26.7 Å². The number of methoxy groups -OCH3 is 1. The molecule has 144 valence electrons. The normalized spacial score (nSPS) is 17.0. The molecule has 0 bridgehead atoms. The standard InChI is InChI=1S/C18H38N4O.HI/c1-5-19-17(20-13-14-22(6-2)7-3)21-16-18(12-15-23-4)10-8-9-11-18;/h5-16H2,1-4H3,(H2,19,20,21);1H. The SMILES string of the molecule is CCNC(=NCC1(CCOC)CCCC1)NCCN(CC)CC.I. The lowest BCUT2D eigenvalue weighted by molar-refractivity contribution is 0.141. The van der Waals surface area contributed by atoms with Gasteiger partial charge in [0.25, 0.3) is 0 Å². The Hall–Kier alpha value is -0.0800. The van der Waals surface area contributed by atoms with Crippen molar-refractivity contribution < 1.29 is 4.74 Å². The predicted molar refractivity (Wildman–Crippen MR) is 115 cm³/mol. The summed E-state index contributed by atoms with van der Waals surface area (Å²) in [6, 6.07) is 0. The van der Waals surface area contributed by atoms with E-state index >= 15 is 0 Å². The van der Waals surface area contributed by atoms with Gasteiger partial charge in [-0.05, 0) is 44.7 Å². The Morgan fingerprint density at radius 3 is 2.33 bits per heavy atom. The fourth-order valence-corrected chi connectivity index (χ4v) is 3.39. The number of halogens is 1. The van der Waals surface area contributed by atoms with Crippen molar-refractivity contribution in [2.24, 2.45) is 10.4 Å². The zero-order valence-electron chi connectivity index (χ0n) is 16.2. The minimum atomic E-state index is 0. The first-order valence-corrected chi connectivity index (χ1v) is 9.43. The second kappa shape index (κ2) is 14.1. The maximum Gasteiger partial charge on any atom is 0.191 e. The number of nitrogens with one attached hydrogen (secondary N) is 2. The maximum atomic E-state index is 5.31. The topological polar surface area (TPSA) is 48.9 Å². The molecule has 0 radical (unpaired) electrons. The molecule has 0 atom stereocenters. The lowest BCUT2D eigenvalue weighted by Crippen LogP contribution is -2.42. The molecule has 1 rings (SSSR count). The summed E-state index contributed by atoms with van der Waals surface area (Å²) < 4.78 is 5.31. The van der Waals surface area contributed by atoms with Crippen LogP contribution in [-0.2, 0) is 4.74 Å².